The van der Waals surface area contributed by atoms with Crippen LogP contribution in [0.2, 0.25) is 0 Å². The summed E-state index contributed by atoms with van der Waals surface area (Å²) < 4.78 is 20.9. The molecule has 0 heterocycles. The van der Waals surface area contributed by atoms with Gasteiger partial charge in [-0.15, -0.1) is 0 Å². The summed E-state index contributed by atoms with van der Waals surface area (Å²) >= 11 is 5.83. The van der Waals surface area contributed by atoms with E-state index < -0.39 is 19.8 Å². The van der Waals surface area contributed by atoms with Gasteiger partial charge in [0.15, 0.2) is 15.6 Å². The zero-order chi connectivity index (χ0) is 12.6. The maximum Gasteiger partial charge on any atom is 0.204 e. The van der Waals surface area contributed by atoms with E-state index in [1.165, 1.54) is 6.92 Å². The van der Waals surface area contributed by atoms with Gasteiger partial charge in [0.25, 0.3) is 0 Å². The lowest BCUT2D eigenvalue weighted by Gasteiger charge is -2.19. The van der Waals surface area contributed by atoms with E-state index in [-0.39, 0.29) is 0 Å². The van der Waals surface area contributed by atoms with Gasteiger partial charge in [0, 0.05) is 11.8 Å². The molecule has 0 N–H and O–H groups in total. The molecule has 0 bridgehead atoms. The van der Waals surface area contributed by atoms with Crippen molar-refractivity contribution in [2.24, 2.45) is 0 Å². The second-order valence-corrected chi connectivity index (χ2v) is 7.17. The van der Waals surface area contributed by atoms with E-state index in [0.717, 1.165) is 6.26 Å². The summed E-state index contributed by atoms with van der Waals surface area (Å²) in [6, 6.07) is 6.76. The Morgan fingerprint density at radius 1 is 1.31 bits per heavy atom. The van der Waals surface area contributed by atoms with Crippen molar-refractivity contribution in [1.82, 2.24) is 0 Å². The lowest BCUT2D eigenvalue weighted by molar-refractivity contribution is 0.0977. The molecule has 0 fully saturated rings. The van der Waals surface area contributed by atoms with Crippen LogP contribution in [-0.4, -0.2) is 24.7 Å². The number of benzene rings is 1. The summed E-state index contributed by atoms with van der Waals surface area (Å²) in [5.41, 5.74) is 1.05. The molecule has 1 atom stereocenters. The average molecular weight is 261 g/mol. The highest BCUT2D eigenvalue weighted by Gasteiger charge is 2.42. The first-order valence-corrected chi connectivity index (χ1v) is 6.94. The van der Waals surface area contributed by atoms with Crippen LogP contribution in [0.15, 0.2) is 24.3 Å². The minimum absolute atomic E-state index is 0.338. The van der Waals surface area contributed by atoms with Gasteiger partial charge in [-0.05, 0) is 19.4 Å². The monoisotopic (exact) mass is 260 g/mol. The largest absolute Gasteiger partial charge is 0.291 e. The topological polar surface area (TPSA) is 51.2 Å². The highest BCUT2D eigenvalue weighted by molar-refractivity contribution is 7.94. The van der Waals surface area contributed by atoms with Crippen LogP contribution < -0.4 is 0 Å². The van der Waals surface area contributed by atoms with Crippen LogP contribution in [0.3, 0.4) is 0 Å². The fraction of sp³-hybridized carbons (Fsp3) is 0.364. The second kappa shape index (κ2) is 4.18. The van der Waals surface area contributed by atoms with Gasteiger partial charge in [-0.25, -0.2) is 8.42 Å². The molecule has 1 aromatic carbocycles. The van der Waals surface area contributed by atoms with Gasteiger partial charge in [-0.3, -0.25) is 4.79 Å². The summed E-state index contributed by atoms with van der Waals surface area (Å²) in [5, 5.41) is 0. The Balaban J connectivity index is 3.29. The van der Waals surface area contributed by atoms with Crippen molar-refractivity contribution >= 4 is 27.2 Å². The van der Waals surface area contributed by atoms with E-state index in [1.807, 2.05) is 0 Å². The highest BCUT2D eigenvalue weighted by atomic mass is 35.5. The van der Waals surface area contributed by atoms with Crippen LogP contribution in [0.1, 0.15) is 22.8 Å². The van der Waals surface area contributed by atoms with E-state index in [4.69, 9.17) is 11.6 Å². The smallest absolute Gasteiger partial charge is 0.204 e. The normalized spacial score (nSPS) is 15.5. The fourth-order valence-electron chi connectivity index (χ4n) is 1.24. The molecule has 5 heteroatoms. The third-order valence-corrected chi connectivity index (χ3v) is 5.08. The van der Waals surface area contributed by atoms with Gasteiger partial charge < -0.3 is 0 Å². The van der Waals surface area contributed by atoms with Crippen molar-refractivity contribution in [3.63, 3.8) is 0 Å². The third kappa shape index (κ3) is 2.28. The predicted octanol–water partition coefficient (Wildman–Crippen LogP) is 2.18. The average Bonchev–Trinajstić information content (AvgIpc) is 2.15. The van der Waals surface area contributed by atoms with Crippen molar-refractivity contribution in [3.8, 4) is 0 Å². The highest BCUT2D eigenvalue weighted by Crippen LogP contribution is 2.27. The van der Waals surface area contributed by atoms with Crippen LogP contribution in [0.25, 0.3) is 0 Å². The van der Waals surface area contributed by atoms with Crippen LogP contribution in [0.5, 0.6) is 0 Å². The number of carbonyl (C=O) groups is 1. The Kier molecular flexibility index (Phi) is 3.45. The number of alkyl halides is 1. The zero-order valence-electron chi connectivity index (χ0n) is 9.32. The number of halogens is 1. The van der Waals surface area contributed by atoms with E-state index in [1.54, 1.807) is 31.2 Å². The molecule has 1 rings (SSSR count). The molecule has 0 saturated heterocycles. The molecule has 3 nitrogen and oxygen atoms in total. The summed E-state index contributed by atoms with van der Waals surface area (Å²) in [4.78, 5) is 12.0. The summed E-state index contributed by atoms with van der Waals surface area (Å²) in [7, 11) is -3.65. The molecule has 0 saturated carbocycles. The molecule has 0 amide bonds. The number of ketones is 1. The molecule has 0 spiro atoms. The maximum absolute atomic E-state index is 12.0. The minimum Gasteiger partial charge on any atom is -0.291 e. The van der Waals surface area contributed by atoms with E-state index in [2.05, 4.69) is 0 Å². The first-order chi connectivity index (χ1) is 7.18. The quantitative estimate of drug-likeness (QED) is 0.618. The second-order valence-electron chi connectivity index (χ2n) is 3.83. The van der Waals surface area contributed by atoms with Gasteiger partial charge >= 0.3 is 0 Å². The van der Waals surface area contributed by atoms with E-state index >= 15 is 0 Å². The van der Waals surface area contributed by atoms with Gasteiger partial charge in [0.2, 0.25) is 4.21 Å². The molecular formula is C11H13ClO3S. The molecule has 0 aliphatic rings. The number of carbonyl (C=O) groups excluding carboxylic acids is 1. The number of rotatable bonds is 3. The maximum atomic E-state index is 12.0. The van der Waals surface area contributed by atoms with Gasteiger partial charge in [0.05, 0.1) is 0 Å². The lowest BCUT2D eigenvalue weighted by Crippen LogP contribution is -2.37. The Morgan fingerprint density at radius 3 is 2.25 bits per heavy atom. The molecule has 88 valence electrons. The SMILES string of the molecule is Cc1ccccc1C(=O)[C@@](C)(Cl)S(C)(=O)=O. The Morgan fingerprint density at radius 2 is 1.81 bits per heavy atom. The number of hydrogen-bond acceptors (Lipinski definition) is 3. The summed E-state index contributed by atoms with van der Waals surface area (Å²) in [6.45, 7) is 2.95. The molecular weight excluding hydrogens is 248 g/mol. The molecule has 0 aliphatic carbocycles. The lowest BCUT2D eigenvalue weighted by atomic mass is 10.0. The number of aryl methyl sites for hydroxylation is 1. The summed E-state index contributed by atoms with van der Waals surface area (Å²) in [5.74, 6) is -0.588. The fourth-order valence-corrected chi connectivity index (χ4v) is 1.79. The number of sulfone groups is 1. The van der Waals surface area contributed by atoms with Crippen molar-refractivity contribution in [2.45, 2.75) is 18.1 Å². The molecule has 0 aromatic heterocycles. The number of Topliss-reactive ketones (excluding diaryl/α,β-unsaturated/α-hetero) is 1. The van der Waals surface area contributed by atoms with E-state index in [0.29, 0.717) is 11.1 Å². The predicted molar refractivity (Wildman–Crippen MR) is 64.6 cm³/mol. The van der Waals surface area contributed by atoms with Gasteiger partial charge in [-0.2, -0.15) is 0 Å². The Labute approximate surface area is 100 Å². The molecule has 0 radical (unpaired) electrons. The van der Waals surface area contributed by atoms with Gasteiger partial charge in [-0.1, -0.05) is 35.9 Å². The Bertz CT molecular complexity index is 518. The molecule has 0 aliphatic heterocycles. The molecule has 16 heavy (non-hydrogen) atoms. The van der Waals surface area contributed by atoms with Crippen LogP contribution in [0, 0.1) is 6.92 Å². The van der Waals surface area contributed by atoms with Crippen molar-refractivity contribution in [2.75, 3.05) is 6.26 Å². The van der Waals surface area contributed by atoms with Crippen molar-refractivity contribution in [3.05, 3.63) is 35.4 Å². The first-order valence-electron chi connectivity index (χ1n) is 4.67. The molecule has 0 unspecified atom stereocenters. The third-order valence-electron chi connectivity index (χ3n) is 2.49. The zero-order valence-corrected chi connectivity index (χ0v) is 10.9. The van der Waals surface area contributed by atoms with Crippen molar-refractivity contribution < 1.29 is 13.2 Å². The van der Waals surface area contributed by atoms with Crippen LogP contribution in [-0.2, 0) is 9.84 Å². The van der Waals surface area contributed by atoms with Crippen molar-refractivity contribution in [1.29, 1.82) is 0 Å². The molecule has 1 aromatic rings. The number of hydrogen-bond donors (Lipinski definition) is 0. The summed E-state index contributed by atoms with van der Waals surface area (Å²) in [6.07, 6.45) is 0.955. The van der Waals surface area contributed by atoms with Gasteiger partial charge in [0.1, 0.15) is 0 Å². The first kappa shape index (κ1) is 13.2. The minimum atomic E-state index is -3.65. The Hall–Kier alpha value is -0.870. The van der Waals surface area contributed by atoms with Crippen LogP contribution in [0.4, 0.5) is 0 Å². The van der Waals surface area contributed by atoms with E-state index in [9.17, 15) is 13.2 Å². The van der Waals surface area contributed by atoms with Crippen LogP contribution >= 0.6 is 11.6 Å². The standard InChI is InChI=1S/C11H13ClO3S/c1-8-6-4-5-7-9(8)10(13)11(2,12)16(3,14)15/h4-7H,1-3H3/t11-/m0/s1.